The second-order valence-electron chi connectivity index (χ2n) is 4.58. The second kappa shape index (κ2) is 6.34. The average Bonchev–Trinajstić information content (AvgIpc) is 2.88. The Morgan fingerprint density at radius 3 is 2.67 bits per heavy atom. The van der Waals surface area contributed by atoms with Crippen LogP contribution in [0.2, 0.25) is 0 Å². The summed E-state index contributed by atoms with van der Waals surface area (Å²) in [5, 5.41) is 7.11. The van der Waals surface area contributed by atoms with Crippen molar-refractivity contribution in [2.24, 2.45) is 0 Å². The Morgan fingerprint density at radius 2 is 1.96 bits per heavy atom. The van der Waals surface area contributed by atoms with Crippen molar-refractivity contribution in [3.8, 4) is 17.0 Å². The first-order valence-corrected chi connectivity index (χ1v) is 6.53. The van der Waals surface area contributed by atoms with Crippen molar-refractivity contribution >= 4 is 11.3 Å². The number of aromatic nitrogens is 5. The minimum atomic E-state index is -3.16. The summed E-state index contributed by atoms with van der Waals surface area (Å²) in [7, 11) is 0. The number of hydrogen-bond acceptors (Lipinski definition) is 5. The highest BCUT2D eigenvalue weighted by Crippen LogP contribution is 2.31. The van der Waals surface area contributed by atoms with Crippen LogP contribution in [-0.4, -0.2) is 38.0 Å². The smallest absolute Gasteiger partial charge is 0.387 e. The van der Waals surface area contributed by atoms with Gasteiger partial charge in [-0.2, -0.15) is 8.78 Å². The average molecular weight is 345 g/mol. The second-order valence-corrected chi connectivity index (χ2v) is 4.58. The maximum Gasteiger partial charge on any atom is 0.387 e. The molecule has 0 spiro atoms. The van der Waals surface area contributed by atoms with Gasteiger partial charge < -0.3 is 4.74 Å². The van der Waals surface area contributed by atoms with E-state index in [9.17, 15) is 22.0 Å². The van der Waals surface area contributed by atoms with Crippen molar-refractivity contribution in [3.63, 3.8) is 0 Å². The van der Waals surface area contributed by atoms with Gasteiger partial charge in [0, 0.05) is 11.6 Å². The molecule has 1 aromatic carbocycles. The molecule has 0 N–H and O–H groups in total. The Morgan fingerprint density at radius 1 is 1.17 bits per heavy atom. The number of alkyl halides is 4. The van der Waals surface area contributed by atoms with Gasteiger partial charge in [-0.1, -0.05) is 5.21 Å². The molecule has 0 saturated heterocycles. The van der Waals surface area contributed by atoms with Crippen molar-refractivity contribution in [1.82, 2.24) is 25.0 Å². The van der Waals surface area contributed by atoms with Gasteiger partial charge >= 0.3 is 6.61 Å². The molecule has 0 saturated carbocycles. The largest absolute Gasteiger partial charge is 0.434 e. The Hall–Kier alpha value is -2.85. The lowest BCUT2D eigenvalue weighted by Gasteiger charge is -2.10. The van der Waals surface area contributed by atoms with Gasteiger partial charge in [-0.05, 0) is 12.1 Å². The molecule has 2 aromatic heterocycles. The fourth-order valence-corrected chi connectivity index (χ4v) is 2.05. The zero-order chi connectivity index (χ0) is 17.3. The van der Waals surface area contributed by atoms with Crippen molar-refractivity contribution in [1.29, 1.82) is 0 Å². The molecule has 3 rings (SSSR count). The molecular weight excluding hydrogens is 337 g/mol. The summed E-state index contributed by atoms with van der Waals surface area (Å²) in [6.45, 7) is -3.87. The number of nitrogens with zero attached hydrogens (tertiary/aromatic N) is 5. The van der Waals surface area contributed by atoms with Crippen LogP contribution in [-0.2, 0) is 6.54 Å². The van der Waals surface area contributed by atoms with E-state index in [0.717, 1.165) is 23.0 Å². The molecule has 3 aromatic rings. The van der Waals surface area contributed by atoms with Crippen molar-refractivity contribution in [3.05, 3.63) is 30.2 Å². The van der Waals surface area contributed by atoms with E-state index in [1.165, 1.54) is 6.07 Å². The number of halogens is 5. The van der Waals surface area contributed by atoms with E-state index < -0.39 is 31.1 Å². The molecule has 24 heavy (non-hydrogen) atoms. The third-order valence-corrected chi connectivity index (χ3v) is 2.97. The molecule has 0 aliphatic heterocycles. The number of hydrogen-bond donors (Lipinski definition) is 0. The summed E-state index contributed by atoms with van der Waals surface area (Å²) in [4.78, 5) is 7.94. The number of rotatable bonds is 5. The quantitative estimate of drug-likeness (QED) is 0.665. The predicted molar refractivity (Wildman–Crippen MR) is 71.1 cm³/mol. The van der Waals surface area contributed by atoms with Gasteiger partial charge in [-0.3, -0.25) is 0 Å². The molecule has 0 fully saturated rings. The topological polar surface area (TPSA) is 65.7 Å². The zero-order valence-corrected chi connectivity index (χ0v) is 11.7. The van der Waals surface area contributed by atoms with E-state index in [1.54, 1.807) is 0 Å². The Balaban J connectivity index is 2.04. The van der Waals surface area contributed by atoms with Crippen LogP contribution in [0.25, 0.3) is 22.6 Å². The Bertz CT molecular complexity index is 869. The highest BCUT2D eigenvalue weighted by Gasteiger charge is 2.17. The van der Waals surface area contributed by atoms with Crippen LogP contribution in [0, 0.1) is 5.82 Å². The van der Waals surface area contributed by atoms with E-state index in [2.05, 4.69) is 25.0 Å². The third-order valence-electron chi connectivity index (χ3n) is 2.97. The van der Waals surface area contributed by atoms with E-state index in [0.29, 0.717) is 0 Å². The minimum Gasteiger partial charge on any atom is -0.434 e. The van der Waals surface area contributed by atoms with Gasteiger partial charge in [0.2, 0.25) is 5.65 Å². The van der Waals surface area contributed by atoms with Crippen molar-refractivity contribution in [2.75, 3.05) is 0 Å². The lowest BCUT2D eigenvalue weighted by Crippen LogP contribution is -2.09. The summed E-state index contributed by atoms with van der Waals surface area (Å²) < 4.78 is 68.1. The predicted octanol–water partition coefficient (Wildman–Crippen LogP) is 2.89. The molecule has 0 radical (unpaired) electrons. The first-order valence-electron chi connectivity index (χ1n) is 6.53. The SMILES string of the molecule is Fc1ccc(-c2cnc3c(nnn3CC(F)F)n2)c(OC(F)F)c1. The van der Waals surface area contributed by atoms with Crippen LogP contribution in [0.15, 0.2) is 24.4 Å². The normalized spacial score (nSPS) is 11.6. The summed E-state index contributed by atoms with van der Waals surface area (Å²) in [5.41, 5.74) is 0.0646. The van der Waals surface area contributed by atoms with Gasteiger partial charge in [0.1, 0.15) is 18.1 Å². The molecule has 11 heteroatoms. The molecule has 0 aliphatic carbocycles. The molecular formula is C13H8F5N5O. The van der Waals surface area contributed by atoms with Crippen LogP contribution >= 0.6 is 0 Å². The van der Waals surface area contributed by atoms with Gasteiger partial charge in [0.05, 0.1) is 11.9 Å². The summed E-state index contributed by atoms with van der Waals surface area (Å²) >= 11 is 0. The summed E-state index contributed by atoms with van der Waals surface area (Å²) in [6, 6.07) is 3.00. The van der Waals surface area contributed by atoms with Crippen LogP contribution < -0.4 is 4.74 Å². The van der Waals surface area contributed by atoms with E-state index in [4.69, 9.17) is 0 Å². The lowest BCUT2D eigenvalue weighted by atomic mass is 10.1. The van der Waals surface area contributed by atoms with Gasteiger partial charge in [0.25, 0.3) is 6.43 Å². The number of ether oxygens (including phenoxy) is 1. The monoisotopic (exact) mass is 345 g/mol. The third kappa shape index (κ3) is 3.24. The number of benzene rings is 1. The maximum atomic E-state index is 13.2. The zero-order valence-electron chi connectivity index (χ0n) is 11.7. The van der Waals surface area contributed by atoms with Gasteiger partial charge in [-0.15, -0.1) is 5.10 Å². The molecule has 0 aliphatic rings. The van der Waals surface area contributed by atoms with Crippen LogP contribution in [0.5, 0.6) is 5.75 Å². The van der Waals surface area contributed by atoms with Gasteiger partial charge in [-0.25, -0.2) is 27.8 Å². The Kier molecular flexibility index (Phi) is 4.23. The summed E-state index contributed by atoms with van der Waals surface area (Å²) in [5.74, 6) is -1.20. The standard InChI is InChI=1S/C13H8F5N5O/c14-6-1-2-7(9(3-6)24-13(17)18)8-4-19-12-11(20-8)21-22-23(12)5-10(15)16/h1-4,10,13H,5H2. The van der Waals surface area contributed by atoms with Crippen molar-refractivity contribution < 1.29 is 26.7 Å². The lowest BCUT2D eigenvalue weighted by molar-refractivity contribution is -0.0496. The van der Waals surface area contributed by atoms with Gasteiger partial charge in [0.15, 0.2) is 5.65 Å². The molecule has 126 valence electrons. The van der Waals surface area contributed by atoms with E-state index in [-0.39, 0.29) is 22.6 Å². The number of fused-ring (bicyclic) bond motifs is 1. The van der Waals surface area contributed by atoms with E-state index >= 15 is 0 Å². The van der Waals surface area contributed by atoms with Crippen LogP contribution in [0.3, 0.4) is 0 Å². The molecule has 6 nitrogen and oxygen atoms in total. The first kappa shape index (κ1) is 16.0. The van der Waals surface area contributed by atoms with E-state index in [1.807, 2.05) is 0 Å². The van der Waals surface area contributed by atoms with Crippen LogP contribution in [0.1, 0.15) is 0 Å². The fourth-order valence-electron chi connectivity index (χ4n) is 2.05. The molecule has 2 heterocycles. The molecule has 0 amide bonds. The Labute approximate surface area is 130 Å². The first-order chi connectivity index (χ1) is 11.4. The van der Waals surface area contributed by atoms with Crippen LogP contribution in [0.4, 0.5) is 22.0 Å². The fraction of sp³-hybridized carbons (Fsp3) is 0.231. The summed E-state index contributed by atoms with van der Waals surface area (Å²) in [6.07, 6.45) is -1.50. The molecule has 0 bridgehead atoms. The minimum absolute atomic E-state index is 0.0116. The molecule has 0 unspecified atom stereocenters. The van der Waals surface area contributed by atoms with Crippen molar-refractivity contribution in [2.45, 2.75) is 19.6 Å². The highest BCUT2D eigenvalue weighted by atomic mass is 19.3. The maximum absolute atomic E-state index is 13.2. The highest BCUT2D eigenvalue weighted by molar-refractivity contribution is 5.73. The molecule has 0 atom stereocenters.